The largest absolute Gasteiger partial charge is 0.493 e. The van der Waals surface area contributed by atoms with Crippen molar-refractivity contribution in [1.82, 2.24) is 14.9 Å². The maximum absolute atomic E-state index is 9.50. The Balaban J connectivity index is 1.36. The number of hydrogen-bond donors (Lipinski definition) is 2. The maximum Gasteiger partial charge on any atom is 0.231 e. The number of aliphatic hydroxyl groups excluding tert-OH is 1. The number of nitrogens with one attached hydrogen (secondary N) is 1. The van der Waals surface area contributed by atoms with Crippen LogP contribution in [0, 0.1) is 11.8 Å². The summed E-state index contributed by atoms with van der Waals surface area (Å²) >= 11 is 6.64. The molecule has 0 amide bonds. The van der Waals surface area contributed by atoms with Crippen LogP contribution in [0.5, 0.6) is 23.0 Å². The molecule has 5 rings (SSSR count). The average molecular weight is 555 g/mol. The Labute approximate surface area is 232 Å². The Morgan fingerprint density at radius 1 is 1.18 bits per heavy atom. The molecule has 1 atom stereocenters. The number of aromatic nitrogens is 2. The highest BCUT2D eigenvalue weighted by molar-refractivity contribution is 6.34. The lowest BCUT2D eigenvalue weighted by Gasteiger charge is -2.21. The topological polar surface area (TPSA) is 107 Å². The van der Waals surface area contributed by atoms with Crippen LogP contribution in [0.3, 0.4) is 0 Å². The molecule has 0 saturated carbocycles. The number of anilines is 2. The summed E-state index contributed by atoms with van der Waals surface area (Å²) in [5.41, 5.74) is 1.81. The summed E-state index contributed by atoms with van der Waals surface area (Å²) in [5, 5.41) is 13.9. The highest BCUT2D eigenvalue weighted by Gasteiger charge is 2.26. The van der Waals surface area contributed by atoms with Crippen LogP contribution >= 0.6 is 11.6 Å². The molecule has 2 N–H and O–H groups in total. The van der Waals surface area contributed by atoms with Crippen molar-refractivity contribution in [3.63, 3.8) is 0 Å². The maximum atomic E-state index is 9.50. The number of nitrogens with zero attached hydrogens (tertiary/aromatic N) is 3. The van der Waals surface area contributed by atoms with Crippen molar-refractivity contribution < 1.29 is 28.8 Å². The number of halogens is 1. The number of benzene rings is 2. The summed E-state index contributed by atoms with van der Waals surface area (Å²) in [5.74, 6) is 8.59. The molecule has 3 heterocycles. The van der Waals surface area contributed by atoms with E-state index in [-0.39, 0.29) is 20.1 Å². The van der Waals surface area contributed by atoms with E-state index < -0.39 is 0 Å². The molecule has 1 fully saturated rings. The van der Waals surface area contributed by atoms with E-state index in [9.17, 15) is 5.11 Å². The number of aliphatic hydroxyl groups is 1. The van der Waals surface area contributed by atoms with E-state index in [1.807, 2.05) is 12.1 Å². The Kier molecular flexibility index (Phi) is 8.74. The molecule has 0 bridgehead atoms. The zero-order chi connectivity index (χ0) is 27.2. The fourth-order valence-electron chi connectivity index (χ4n) is 4.91. The first-order valence-electron chi connectivity index (χ1n) is 12.8. The first-order chi connectivity index (χ1) is 19.1. The van der Waals surface area contributed by atoms with Gasteiger partial charge < -0.3 is 34.1 Å². The van der Waals surface area contributed by atoms with Crippen LogP contribution in [0.1, 0.15) is 31.2 Å². The fraction of sp³-hybridized carbons (Fsp3) is 0.429. The minimum atomic E-state index is 0.0567. The highest BCUT2D eigenvalue weighted by atomic mass is 35.5. The highest BCUT2D eigenvalue weighted by Crippen LogP contribution is 2.47. The van der Waals surface area contributed by atoms with Crippen LogP contribution in [-0.4, -0.2) is 73.5 Å². The second kappa shape index (κ2) is 12.6. The zero-order valence-electron chi connectivity index (χ0n) is 22.0. The van der Waals surface area contributed by atoms with Crippen molar-refractivity contribution in [1.29, 1.82) is 0 Å². The van der Waals surface area contributed by atoms with Gasteiger partial charge in [0.25, 0.3) is 0 Å². The molecule has 10 nitrogen and oxygen atoms in total. The molecule has 0 aliphatic carbocycles. The normalized spacial score (nSPS) is 16.3. The lowest BCUT2D eigenvalue weighted by atomic mass is 10.1. The van der Waals surface area contributed by atoms with Gasteiger partial charge in [-0.25, -0.2) is 9.97 Å². The standard InChI is InChI=1S/C28H31ClN4O6/c1-35-10-4-6-18-12-21(29)25(27-26(18)38-17-39-27)32-28-20-13-23(36-2)24(14-22(20)30-15-31-28)37-11-5-8-19-7-3-9-33(19)16-34/h12-15,19,34H,3,5,7-11,16-17H2,1-2H3,(H,30,31,32). The van der Waals surface area contributed by atoms with Crippen LogP contribution in [0.2, 0.25) is 5.02 Å². The second-order valence-corrected chi connectivity index (χ2v) is 9.60. The molecule has 0 radical (unpaired) electrons. The van der Waals surface area contributed by atoms with Gasteiger partial charge in [-0.05, 0) is 37.8 Å². The van der Waals surface area contributed by atoms with Crippen molar-refractivity contribution in [2.75, 3.05) is 52.8 Å². The van der Waals surface area contributed by atoms with Crippen molar-refractivity contribution in [2.24, 2.45) is 0 Å². The minimum absolute atomic E-state index is 0.0567. The Morgan fingerprint density at radius 2 is 2.05 bits per heavy atom. The molecule has 1 unspecified atom stereocenters. The molecule has 1 saturated heterocycles. The molecule has 3 aromatic rings. The fourth-order valence-corrected chi connectivity index (χ4v) is 5.16. The Hall–Kier alpha value is -3.49. The smallest absolute Gasteiger partial charge is 0.231 e. The van der Waals surface area contributed by atoms with E-state index in [4.69, 9.17) is 35.3 Å². The molecule has 2 aliphatic rings. The van der Waals surface area contributed by atoms with Gasteiger partial charge in [-0.3, -0.25) is 4.90 Å². The average Bonchev–Trinajstić information content (AvgIpc) is 3.62. The van der Waals surface area contributed by atoms with E-state index in [0.29, 0.717) is 63.3 Å². The summed E-state index contributed by atoms with van der Waals surface area (Å²) in [6.07, 6.45) is 5.55. The SMILES string of the molecule is COCC#Cc1cc(Cl)c(Nc2ncnc3cc(OCCCC4CCCN4CO)c(OC)cc23)c2c1OCO2. The number of fused-ring (bicyclic) bond motifs is 2. The molecule has 1 aromatic heterocycles. The van der Waals surface area contributed by atoms with Crippen LogP contribution < -0.4 is 24.3 Å². The lowest BCUT2D eigenvalue weighted by Crippen LogP contribution is -2.30. The third-order valence-electron chi connectivity index (χ3n) is 6.82. The lowest BCUT2D eigenvalue weighted by molar-refractivity contribution is 0.0902. The number of ether oxygens (including phenoxy) is 5. The summed E-state index contributed by atoms with van der Waals surface area (Å²) in [4.78, 5) is 11.0. The third kappa shape index (κ3) is 5.92. The van der Waals surface area contributed by atoms with Gasteiger partial charge in [0.05, 0.1) is 36.6 Å². The third-order valence-corrected chi connectivity index (χ3v) is 7.12. The van der Waals surface area contributed by atoms with Crippen molar-refractivity contribution in [3.05, 3.63) is 35.1 Å². The van der Waals surface area contributed by atoms with Gasteiger partial charge in [-0.15, -0.1) is 0 Å². The number of methoxy groups -OCH3 is 2. The van der Waals surface area contributed by atoms with Gasteiger partial charge in [0, 0.05) is 31.1 Å². The monoisotopic (exact) mass is 554 g/mol. The summed E-state index contributed by atoms with van der Waals surface area (Å²) in [6.45, 7) is 1.94. The van der Waals surface area contributed by atoms with E-state index in [1.54, 1.807) is 20.3 Å². The van der Waals surface area contributed by atoms with Crippen molar-refractivity contribution in [2.45, 2.75) is 31.7 Å². The number of likely N-dealkylation sites (tertiary alicyclic amines) is 1. The van der Waals surface area contributed by atoms with Gasteiger partial charge in [0.15, 0.2) is 23.0 Å². The molecular formula is C28H31ClN4O6. The summed E-state index contributed by atoms with van der Waals surface area (Å²) in [6, 6.07) is 5.82. The zero-order valence-corrected chi connectivity index (χ0v) is 22.7. The minimum Gasteiger partial charge on any atom is -0.493 e. The van der Waals surface area contributed by atoms with E-state index in [1.165, 1.54) is 6.33 Å². The summed E-state index contributed by atoms with van der Waals surface area (Å²) in [7, 11) is 3.18. The Morgan fingerprint density at radius 3 is 2.87 bits per heavy atom. The quantitative estimate of drug-likeness (QED) is 0.278. The van der Waals surface area contributed by atoms with Gasteiger partial charge in [0.1, 0.15) is 24.4 Å². The van der Waals surface area contributed by atoms with Gasteiger partial charge >= 0.3 is 0 Å². The molecule has 39 heavy (non-hydrogen) atoms. The van der Waals surface area contributed by atoms with Crippen LogP contribution in [-0.2, 0) is 4.74 Å². The van der Waals surface area contributed by atoms with Gasteiger partial charge in [-0.2, -0.15) is 0 Å². The molecule has 0 spiro atoms. The molecule has 2 aromatic carbocycles. The van der Waals surface area contributed by atoms with E-state index in [2.05, 4.69) is 32.0 Å². The van der Waals surface area contributed by atoms with Crippen molar-refractivity contribution >= 4 is 34.0 Å². The van der Waals surface area contributed by atoms with Crippen LogP contribution in [0.25, 0.3) is 10.9 Å². The first kappa shape index (κ1) is 27.1. The molecular weight excluding hydrogens is 524 g/mol. The molecule has 206 valence electrons. The van der Waals surface area contributed by atoms with Crippen molar-refractivity contribution in [3.8, 4) is 34.8 Å². The predicted molar refractivity (Wildman–Crippen MR) is 147 cm³/mol. The summed E-state index contributed by atoms with van der Waals surface area (Å²) < 4.78 is 28.1. The van der Waals surface area contributed by atoms with Gasteiger partial charge in [0.2, 0.25) is 6.79 Å². The van der Waals surface area contributed by atoms with Crippen LogP contribution in [0.15, 0.2) is 24.5 Å². The number of hydrogen-bond acceptors (Lipinski definition) is 10. The predicted octanol–water partition coefficient (Wildman–Crippen LogP) is 4.34. The van der Waals surface area contributed by atoms with E-state index in [0.717, 1.165) is 37.6 Å². The van der Waals surface area contributed by atoms with Gasteiger partial charge in [-0.1, -0.05) is 23.4 Å². The second-order valence-electron chi connectivity index (χ2n) is 9.19. The molecule has 2 aliphatic heterocycles. The first-order valence-corrected chi connectivity index (χ1v) is 13.2. The van der Waals surface area contributed by atoms with Crippen LogP contribution in [0.4, 0.5) is 11.5 Å². The molecule has 11 heteroatoms. The Bertz CT molecular complexity index is 1390. The van der Waals surface area contributed by atoms with E-state index >= 15 is 0 Å². The number of rotatable bonds is 10.